The molecular weight excluding hydrogens is 316 g/mol. The zero-order chi connectivity index (χ0) is 17.0. The first-order valence-electron chi connectivity index (χ1n) is 9.39. The molecule has 0 aliphatic carbocycles. The topological polar surface area (TPSA) is 43.7 Å². The highest BCUT2D eigenvalue weighted by Gasteiger charge is 2.40. The van der Waals surface area contributed by atoms with Crippen LogP contribution in [0.3, 0.4) is 0 Å². The predicted octanol–water partition coefficient (Wildman–Crippen LogP) is 3.21. The first kappa shape index (κ1) is 15.3. The second-order valence-corrected chi connectivity index (χ2v) is 7.60. The van der Waals surface area contributed by atoms with Crippen molar-refractivity contribution in [1.82, 2.24) is 9.47 Å². The van der Waals surface area contributed by atoms with Crippen LogP contribution in [0.1, 0.15) is 42.5 Å². The SMILES string of the molecule is CN1C2CCC1CC(OC(=O)c1c3n(c4ccccc14)CCCO3)C2. The van der Waals surface area contributed by atoms with Gasteiger partial charge in [0.05, 0.1) is 12.1 Å². The van der Waals surface area contributed by atoms with Crippen LogP contribution in [-0.4, -0.2) is 47.3 Å². The number of para-hydroxylation sites is 1. The highest BCUT2D eigenvalue weighted by Crippen LogP contribution is 2.38. The number of benzene rings is 1. The Morgan fingerprint density at radius 3 is 2.76 bits per heavy atom. The van der Waals surface area contributed by atoms with E-state index in [4.69, 9.17) is 9.47 Å². The highest BCUT2D eigenvalue weighted by atomic mass is 16.5. The molecule has 2 atom stereocenters. The van der Waals surface area contributed by atoms with E-state index in [0.717, 1.165) is 36.7 Å². The van der Waals surface area contributed by atoms with Gasteiger partial charge in [0.1, 0.15) is 11.7 Å². The lowest BCUT2D eigenvalue weighted by atomic mass is 10.0. The largest absolute Gasteiger partial charge is 0.478 e. The first-order chi connectivity index (χ1) is 12.2. The van der Waals surface area contributed by atoms with Crippen molar-refractivity contribution in [3.05, 3.63) is 29.8 Å². The molecule has 0 N–H and O–H groups in total. The molecule has 2 unspecified atom stereocenters. The summed E-state index contributed by atoms with van der Waals surface area (Å²) in [6, 6.07) is 9.16. The van der Waals surface area contributed by atoms with Crippen molar-refractivity contribution in [2.45, 2.75) is 56.8 Å². The molecule has 1 aromatic carbocycles. The average Bonchev–Trinajstić information content (AvgIpc) is 3.04. The smallest absolute Gasteiger partial charge is 0.344 e. The number of rotatable bonds is 2. The van der Waals surface area contributed by atoms with E-state index in [-0.39, 0.29) is 12.1 Å². The summed E-state index contributed by atoms with van der Waals surface area (Å²) < 4.78 is 14.0. The van der Waals surface area contributed by atoms with Crippen LogP contribution in [0, 0.1) is 0 Å². The minimum Gasteiger partial charge on any atom is -0.478 e. The summed E-state index contributed by atoms with van der Waals surface area (Å²) in [5.74, 6) is 0.467. The molecule has 3 aliphatic heterocycles. The van der Waals surface area contributed by atoms with Gasteiger partial charge in [0.2, 0.25) is 5.88 Å². The van der Waals surface area contributed by atoms with Gasteiger partial charge in [0, 0.05) is 36.9 Å². The maximum atomic E-state index is 13.0. The maximum Gasteiger partial charge on any atom is 0.344 e. The standard InChI is InChI=1S/C20H24N2O3/c1-21-13-7-8-14(21)12-15(11-13)25-20(23)18-16-5-2-3-6-17(16)22-9-4-10-24-19(18)22/h2-3,5-6,13-15H,4,7-12H2,1H3. The van der Waals surface area contributed by atoms with Crippen LogP contribution in [-0.2, 0) is 11.3 Å². The Morgan fingerprint density at radius 2 is 1.96 bits per heavy atom. The second-order valence-electron chi connectivity index (χ2n) is 7.60. The molecule has 0 radical (unpaired) electrons. The summed E-state index contributed by atoms with van der Waals surface area (Å²) >= 11 is 0. The van der Waals surface area contributed by atoms with Crippen molar-refractivity contribution in [3.8, 4) is 5.88 Å². The Hall–Kier alpha value is -2.01. The number of nitrogens with zero attached hydrogens (tertiary/aromatic N) is 2. The van der Waals surface area contributed by atoms with E-state index in [9.17, 15) is 4.79 Å². The van der Waals surface area contributed by atoms with E-state index < -0.39 is 0 Å². The summed E-state index contributed by atoms with van der Waals surface area (Å²) in [4.78, 5) is 15.5. The van der Waals surface area contributed by atoms with Gasteiger partial charge in [-0.2, -0.15) is 0 Å². The molecule has 0 amide bonds. The molecule has 0 saturated carbocycles. The van der Waals surface area contributed by atoms with Gasteiger partial charge in [-0.1, -0.05) is 18.2 Å². The number of aromatic nitrogens is 1. The molecule has 3 aliphatic rings. The third-order valence-corrected chi connectivity index (χ3v) is 6.22. The van der Waals surface area contributed by atoms with Gasteiger partial charge in [0.25, 0.3) is 0 Å². The lowest BCUT2D eigenvalue weighted by molar-refractivity contribution is -0.000680. The van der Waals surface area contributed by atoms with Crippen LogP contribution in [0.15, 0.2) is 24.3 Å². The van der Waals surface area contributed by atoms with Crippen LogP contribution < -0.4 is 4.74 Å². The zero-order valence-corrected chi connectivity index (χ0v) is 14.6. The van der Waals surface area contributed by atoms with E-state index in [0.29, 0.717) is 30.1 Å². The Labute approximate surface area is 147 Å². The molecule has 132 valence electrons. The molecule has 5 heteroatoms. The number of carbonyl (C=O) groups excluding carboxylic acids is 1. The van der Waals surface area contributed by atoms with Gasteiger partial charge in [0.15, 0.2) is 0 Å². The fourth-order valence-corrected chi connectivity index (χ4v) is 4.91. The summed E-state index contributed by atoms with van der Waals surface area (Å²) in [7, 11) is 2.20. The number of esters is 1. The number of fused-ring (bicyclic) bond motifs is 5. The Kier molecular flexibility index (Phi) is 3.52. The van der Waals surface area contributed by atoms with Gasteiger partial charge in [-0.15, -0.1) is 0 Å². The molecule has 25 heavy (non-hydrogen) atoms. The Morgan fingerprint density at radius 1 is 1.20 bits per heavy atom. The summed E-state index contributed by atoms with van der Waals surface area (Å²) in [5, 5.41) is 0.945. The summed E-state index contributed by atoms with van der Waals surface area (Å²) in [5.41, 5.74) is 1.68. The lowest BCUT2D eigenvalue weighted by Gasteiger charge is -2.35. The minimum absolute atomic E-state index is 0.0269. The minimum atomic E-state index is -0.221. The van der Waals surface area contributed by atoms with Crippen molar-refractivity contribution < 1.29 is 14.3 Å². The molecule has 1 aromatic heterocycles. The van der Waals surface area contributed by atoms with Crippen molar-refractivity contribution in [2.75, 3.05) is 13.7 Å². The highest BCUT2D eigenvalue weighted by molar-refractivity contribution is 6.07. The number of hydrogen-bond acceptors (Lipinski definition) is 4. The van der Waals surface area contributed by atoms with Crippen molar-refractivity contribution in [3.63, 3.8) is 0 Å². The lowest BCUT2D eigenvalue weighted by Crippen LogP contribution is -2.43. The van der Waals surface area contributed by atoms with Gasteiger partial charge in [-0.25, -0.2) is 4.79 Å². The van der Waals surface area contributed by atoms with E-state index in [1.54, 1.807) is 0 Å². The Bertz CT molecular complexity index is 814. The number of carbonyl (C=O) groups is 1. The second kappa shape index (κ2) is 5.77. The van der Waals surface area contributed by atoms with Gasteiger partial charge < -0.3 is 18.9 Å². The number of hydrogen-bond donors (Lipinski definition) is 0. The quantitative estimate of drug-likeness (QED) is 0.788. The molecule has 2 aromatic rings. The molecular formula is C20H24N2O3. The van der Waals surface area contributed by atoms with E-state index in [1.165, 1.54) is 12.8 Å². The van der Waals surface area contributed by atoms with Gasteiger partial charge in [-0.3, -0.25) is 0 Å². The molecule has 4 heterocycles. The molecule has 5 rings (SSSR count). The van der Waals surface area contributed by atoms with E-state index in [2.05, 4.69) is 22.6 Å². The normalized spacial score (nSPS) is 28.6. The Balaban J connectivity index is 1.46. The first-order valence-corrected chi connectivity index (χ1v) is 9.39. The van der Waals surface area contributed by atoms with Crippen molar-refractivity contribution >= 4 is 16.9 Å². The van der Waals surface area contributed by atoms with Crippen LogP contribution >= 0.6 is 0 Å². The predicted molar refractivity (Wildman–Crippen MR) is 95.1 cm³/mol. The molecule has 2 saturated heterocycles. The van der Waals surface area contributed by atoms with Crippen LogP contribution in [0.5, 0.6) is 5.88 Å². The monoisotopic (exact) mass is 340 g/mol. The van der Waals surface area contributed by atoms with Gasteiger partial charge in [-0.05, 0) is 32.4 Å². The molecule has 2 bridgehead atoms. The van der Waals surface area contributed by atoms with Crippen LogP contribution in [0.4, 0.5) is 0 Å². The van der Waals surface area contributed by atoms with Crippen molar-refractivity contribution in [2.24, 2.45) is 0 Å². The molecule has 5 nitrogen and oxygen atoms in total. The number of ether oxygens (including phenoxy) is 2. The number of piperidine rings is 1. The van der Waals surface area contributed by atoms with E-state index in [1.807, 2.05) is 18.2 Å². The van der Waals surface area contributed by atoms with Crippen LogP contribution in [0.2, 0.25) is 0 Å². The third-order valence-electron chi connectivity index (χ3n) is 6.22. The zero-order valence-electron chi connectivity index (χ0n) is 14.6. The van der Waals surface area contributed by atoms with Gasteiger partial charge >= 0.3 is 5.97 Å². The third kappa shape index (κ3) is 2.36. The fourth-order valence-electron chi connectivity index (χ4n) is 4.91. The average molecular weight is 340 g/mol. The maximum absolute atomic E-state index is 13.0. The molecule has 0 spiro atoms. The summed E-state index contributed by atoms with van der Waals surface area (Å²) in [6.45, 7) is 1.55. The molecule has 2 fully saturated rings. The number of aryl methyl sites for hydroxylation is 1. The van der Waals surface area contributed by atoms with Crippen molar-refractivity contribution in [1.29, 1.82) is 0 Å². The van der Waals surface area contributed by atoms with E-state index >= 15 is 0 Å². The fraction of sp³-hybridized carbons (Fsp3) is 0.550. The van der Waals surface area contributed by atoms with Crippen LogP contribution in [0.25, 0.3) is 10.9 Å². The summed E-state index contributed by atoms with van der Waals surface area (Å²) in [6.07, 6.45) is 5.35.